The average Bonchev–Trinajstić information content (AvgIpc) is 2.27. The summed E-state index contributed by atoms with van der Waals surface area (Å²) >= 11 is 0. The highest BCUT2D eigenvalue weighted by atomic mass is 16.6. The molecule has 0 radical (unpaired) electrons. The molecule has 0 spiro atoms. The van der Waals surface area contributed by atoms with Crippen LogP contribution in [0.5, 0.6) is 5.75 Å². The standard InChI is InChI=1S/C11H17N3O3/c1-6(2)7-3-8(9(13)5-12)11(15)10(4-7)14(16)17/h3-4,6,9,15H,5,12-13H2,1-2H3/t9-/m1/s1. The van der Waals surface area contributed by atoms with Gasteiger partial charge in [-0.25, -0.2) is 0 Å². The lowest BCUT2D eigenvalue weighted by atomic mass is 9.96. The molecule has 0 fully saturated rings. The summed E-state index contributed by atoms with van der Waals surface area (Å²) in [5.74, 6) is -0.282. The third-order valence-corrected chi connectivity index (χ3v) is 2.66. The molecule has 1 rings (SSSR count). The van der Waals surface area contributed by atoms with Crippen LogP contribution in [-0.4, -0.2) is 16.6 Å². The Bertz CT molecular complexity index is 432. The largest absolute Gasteiger partial charge is 0.502 e. The van der Waals surface area contributed by atoms with Crippen LogP contribution < -0.4 is 11.5 Å². The van der Waals surface area contributed by atoms with Crippen molar-refractivity contribution in [1.29, 1.82) is 0 Å². The number of aromatic hydroxyl groups is 1. The van der Waals surface area contributed by atoms with E-state index >= 15 is 0 Å². The average molecular weight is 239 g/mol. The van der Waals surface area contributed by atoms with Crippen molar-refractivity contribution in [2.45, 2.75) is 25.8 Å². The number of hydrogen-bond acceptors (Lipinski definition) is 5. The topological polar surface area (TPSA) is 115 Å². The smallest absolute Gasteiger partial charge is 0.311 e. The number of rotatable bonds is 4. The maximum absolute atomic E-state index is 10.8. The predicted octanol–water partition coefficient (Wildman–Crippen LogP) is 1.38. The molecule has 6 nitrogen and oxygen atoms in total. The zero-order chi connectivity index (χ0) is 13.2. The number of phenolic OH excluding ortho intramolecular Hbond substituents is 1. The molecular weight excluding hydrogens is 222 g/mol. The van der Waals surface area contributed by atoms with Gasteiger partial charge in [-0.2, -0.15) is 0 Å². The molecule has 1 aromatic carbocycles. The summed E-state index contributed by atoms with van der Waals surface area (Å²) < 4.78 is 0. The van der Waals surface area contributed by atoms with E-state index in [0.717, 1.165) is 5.56 Å². The molecule has 0 aliphatic carbocycles. The molecule has 0 aliphatic rings. The van der Waals surface area contributed by atoms with E-state index in [2.05, 4.69) is 0 Å². The molecule has 0 amide bonds. The normalized spacial score (nSPS) is 12.8. The molecule has 0 saturated heterocycles. The SMILES string of the molecule is CC(C)c1cc([C@H](N)CN)c(O)c([N+](=O)[O-])c1. The zero-order valence-electron chi connectivity index (χ0n) is 9.88. The number of hydrogen-bond donors (Lipinski definition) is 3. The first-order chi connectivity index (χ1) is 7.88. The molecule has 0 aliphatic heterocycles. The summed E-state index contributed by atoms with van der Waals surface area (Å²) in [7, 11) is 0. The van der Waals surface area contributed by atoms with Gasteiger partial charge in [0.1, 0.15) is 0 Å². The first-order valence-electron chi connectivity index (χ1n) is 5.35. The fourth-order valence-corrected chi connectivity index (χ4v) is 1.55. The highest BCUT2D eigenvalue weighted by Gasteiger charge is 2.22. The van der Waals surface area contributed by atoms with Gasteiger partial charge in [-0.3, -0.25) is 10.1 Å². The van der Waals surface area contributed by atoms with E-state index < -0.39 is 16.7 Å². The molecule has 0 unspecified atom stereocenters. The van der Waals surface area contributed by atoms with Gasteiger partial charge in [0.25, 0.3) is 0 Å². The van der Waals surface area contributed by atoms with Crippen molar-refractivity contribution in [1.82, 2.24) is 0 Å². The van der Waals surface area contributed by atoms with Gasteiger partial charge >= 0.3 is 5.69 Å². The summed E-state index contributed by atoms with van der Waals surface area (Å²) in [4.78, 5) is 10.2. The van der Waals surface area contributed by atoms with Crippen molar-refractivity contribution in [2.75, 3.05) is 6.54 Å². The lowest BCUT2D eigenvalue weighted by Crippen LogP contribution is -2.21. The van der Waals surface area contributed by atoms with Crippen LogP contribution in [0.1, 0.15) is 36.9 Å². The van der Waals surface area contributed by atoms with E-state index in [-0.39, 0.29) is 18.2 Å². The second-order valence-corrected chi connectivity index (χ2v) is 4.23. The number of nitrogens with zero attached hydrogens (tertiary/aromatic N) is 1. The van der Waals surface area contributed by atoms with Gasteiger partial charge in [0.2, 0.25) is 0 Å². The van der Waals surface area contributed by atoms with Crippen LogP contribution in [0.15, 0.2) is 12.1 Å². The monoisotopic (exact) mass is 239 g/mol. The molecular formula is C11H17N3O3. The van der Waals surface area contributed by atoms with E-state index in [4.69, 9.17) is 11.5 Å². The maximum Gasteiger partial charge on any atom is 0.311 e. The van der Waals surface area contributed by atoms with Gasteiger partial charge in [-0.15, -0.1) is 0 Å². The highest BCUT2D eigenvalue weighted by Crippen LogP contribution is 2.36. The van der Waals surface area contributed by atoms with Crippen molar-refractivity contribution in [3.8, 4) is 5.75 Å². The number of phenols is 1. The summed E-state index contributed by atoms with van der Waals surface area (Å²) in [5.41, 5.74) is 11.9. The summed E-state index contributed by atoms with van der Waals surface area (Å²) in [6.07, 6.45) is 0. The van der Waals surface area contributed by atoms with Gasteiger partial charge in [0.15, 0.2) is 5.75 Å². The van der Waals surface area contributed by atoms with Crippen molar-refractivity contribution in [3.63, 3.8) is 0 Å². The molecule has 17 heavy (non-hydrogen) atoms. The first-order valence-corrected chi connectivity index (χ1v) is 5.35. The number of nitrogens with two attached hydrogens (primary N) is 2. The third kappa shape index (κ3) is 2.72. The number of nitro groups is 1. The summed E-state index contributed by atoms with van der Waals surface area (Å²) in [6.45, 7) is 3.94. The van der Waals surface area contributed by atoms with Crippen LogP contribution in [0.2, 0.25) is 0 Å². The summed E-state index contributed by atoms with van der Waals surface area (Å²) in [6, 6.07) is 2.43. The molecule has 1 atom stereocenters. The predicted molar refractivity (Wildman–Crippen MR) is 64.8 cm³/mol. The van der Waals surface area contributed by atoms with Crippen molar-refractivity contribution < 1.29 is 10.0 Å². The minimum Gasteiger partial charge on any atom is -0.502 e. The second kappa shape index (κ2) is 5.11. The fraction of sp³-hybridized carbons (Fsp3) is 0.455. The second-order valence-electron chi connectivity index (χ2n) is 4.23. The van der Waals surface area contributed by atoms with Crippen LogP contribution >= 0.6 is 0 Å². The van der Waals surface area contributed by atoms with Crippen LogP contribution in [0, 0.1) is 10.1 Å². The van der Waals surface area contributed by atoms with Crippen LogP contribution in [0.25, 0.3) is 0 Å². The Balaban J connectivity index is 3.43. The molecule has 0 aromatic heterocycles. The first kappa shape index (κ1) is 13.4. The molecule has 0 saturated carbocycles. The van der Waals surface area contributed by atoms with Crippen molar-refractivity contribution in [2.24, 2.45) is 11.5 Å². The van der Waals surface area contributed by atoms with Gasteiger partial charge < -0.3 is 16.6 Å². The van der Waals surface area contributed by atoms with E-state index in [9.17, 15) is 15.2 Å². The Morgan fingerprint density at radius 1 is 1.47 bits per heavy atom. The Morgan fingerprint density at radius 2 is 2.06 bits per heavy atom. The quantitative estimate of drug-likeness (QED) is 0.542. The lowest BCUT2D eigenvalue weighted by molar-refractivity contribution is -0.386. The van der Waals surface area contributed by atoms with Crippen LogP contribution in [0.3, 0.4) is 0 Å². The van der Waals surface area contributed by atoms with Crippen LogP contribution in [0.4, 0.5) is 5.69 Å². The Labute approximate surface area is 99.4 Å². The zero-order valence-corrected chi connectivity index (χ0v) is 9.88. The third-order valence-electron chi connectivity index (χ3n) is 2.66. The molecule has 0 heterocycles. The molecule has 5 N–H and O–H groups in total. The van der Waals surface area contributed by atoms with E-state index in [1.807, 2.05) is 13.8 Å². The molecule has 6 heteroatoms. The Hall–Kier alpha value is -1.66. The Morgan fingerprint density at radius 3 is 2.47 bits per heavy atom. The molecule has 94 valence electrons. The summed E-state index contributed by atoms with van der Waals surface area (Å²) in [5, 5.41) is 20.6. The highest BCUT2D eigenvalue weighted by molar-refractivity contribution is 5.55. The maximum atomic E-state index is 10.8. The minimum absolute atomic E-state index is 0.109. The van der Waals surface area contributed by atoms with Crippen molar-refractivity contribution in [3.05, 3.63) is 33.4 Å². The van der Waals surface area contributed by atoms with Gasteiger partial charge in [-0.1, -0.05) is 13.8 Å². The number of benzene rings is 1. The molecule has 1 aromatic rings. The van der Waals surface area contributed by atoms with Gasteiger partial charge in [-0.05, 0) is 17.5 Å². The fourth-order valence-electron chi connectivity index (χ4n) is 1.55. The molecule has 0 bridgehead atoms. The van der Waals surface area contributed by atoms with Crippen molar-refractivity contribution >= 4 is 5.69 Å². The minimum atomic E-state index is -0.617. The van der Waals surface area contributed by atoms with E-state index in [0.29, 0.717) is 5.56 Å². The van der Waals surface area contributed by atoms with Gasteiger partial charge in [0, 0.05) is 24.2 Å². The Kier molecular flexibility index (Phi) is 4.03. The number of nitro benzene ring substituents is 1. The van der Waals surface area contributed by atoms with Crippen LogP contribution in [-0.2, 0) is 0 Å². The van der Waals surface area contributed by atoms with E-state index in [1.54, 1.807) is 6.07 Å². The van der Waals surface area contributed by atoms with E-state index in [1.165, 1.54) is 6.07 Å². The van der Waals surface area contributed by atoms with Gasteiger partial charge in [0.05, 0.1) is 4.92 Å². The lowest BCUT2D eigenvalue weighted by Gasteiger charge is -2.14.